The molecule has 7 nitrogen and oxygen atoms in total. The highest BCUT2D eigenvalue weighted by Crippen LogP contribution is 2.31. The maximum absolute atomic E-state index is 13.0. The molecule has 1 aliphatic rings. The van der Waals surface area contributed by atoms with Gasteiger partial charge in [0.2, 0.25) is 10.0 Å². The van der Waals surface area contributed by atoms with Crippen molar-refractivity contribution in [2.75, 3.05) is 20.3 Å². The number of ether oxygens (including phenoxy) is 2. The molecule has 0 amide bonds. The van der Waals surface area contributed by atoms with Crippen LogP contribution in [0.25, 0.3) is 0 Å². The monoisotopic (exact) mass is 352 g/mol. The summed E-state index contributed by atoms with van der Waals surface area (Å²) >= 11 is 0. The summed E-state index contributed by atoms with van der Waals surface area (Å²) in [5.41, 5.74) is 0.0642. The summed E-state index contributed by atoms with van der Waals surface area (Å²) in [6.45, 7) is 1.92. The fourth-order valence-electron chi connectivity index (χ4n) is 2.74. The fraction of sp³-hybridized carbons (Fsp3) is 0.500. The number of methoxy groups -OCH3 is 1. The van der Waals surface area contributed by atoms with Gasteiger partial charge in [-0.05, 0) is 38.0 Å². The summed E-state index contributed by atoms with van der Waals surface area (Å²) in [5, 5.41) is 8.48. The van der Waals surface area contributed by atoms with Gasteiger partial charge in [0.05, 0.1) is 12.7 Å². The zero-order valence-electron chi connectivity index (χ0n) is 13.7. The van der Waals surface area contributed by atoms with Crippen molar-refractivity contribution >= 4 is 16.0 Å². The van der Waals surface area contributed by atoms with Gasteiger partial charge in [-0.25, -0.2) is 13.2 Å². The molecule has 0 radical (unpaired) electrons. The van der Waals surface area contributed by atoms with Crippen LogP contribution in [-0.4, -0.2) is 45.0 Å². The van der Waals surface area contributed by atoms with E-state index in [9.17, 15) is 13.2 Å². The van der Waals surface area contributed by atoms with E-state index in [1.807, 2.05) is 6.92 Å². The second-order valence-electron chi connectivity index (χ2n) is 5.56. The predicted octanol–water partition coefficient (Wildman–Crippen LogP) is 1.94. The number of carbonyl (C=O) groups is 1. The van der Waals surface area contributed by atoms with Crippen LogP contribution >= 0.6 is 0 Å². The molecule has 0 N–H and O–H groups in total. The molecule has 0 aromatic heterocycles. The summed E-state index contributed by atoms with van der Waals surface area (Å²) in [5.74, 6) is -0.577. The van der Waals surface area contributed by atoms with Crippen molar-refractivity contribution in [3.05, 3.63) is 23.8 Å². The van der Waals surface area contributed by atoms with E-state index in [0.29, 0.717) is 6.54 Å². The Labute approximate surface area is 141 Å². The molecule has 1 fully saturated rings. The van der Waals surface area contributed by atoms with Crippen molar-refractivity contribution in [1.29, 1.82) is 5.26 Å². The number of nitrogens with zero attached hydrogens (tertiary/aromatic N) is 2. The second kappa shape index (κ2) is 7.64. The maximum atomic E-state index is 13.0. The molecule has 0 unspecified atom stereocenters. The minimum absolute atomic E-state index is 0.0642. The first kappa shape index (κ1) is 18.2. The fourth-order valence-corrected chi connectivity index (χ4v) is 4.62. The minimum Gasteiger partial charge on any atom is -0.495 e. The van der Waals surface area contributed by atoms with Gasteiger partial charge in [-0.1, -0.05) is 6.42 Å². The molecule has 8 heteroatoms. The Kier molecular flexibility index (Phi) is 5.80. The number of sulfonamides is 1. The van der Waals surface area contributed by atoms with Crippen LogP contribution in [0.3, 0.4) is 0 Å². The van der Waals surface area contributed by atoms with Gasteiger partial charge in [0.15, 0.2) is 6.61 Å². The summed E-state index contributed by atoms with van der Waals surface area (Å²) in [4.78, 5) is 11.8. The predicted molar refractivity (Wildman–Crippen MR) is 86.1 cm³/mol. The Morgan fingerprint density at radius 2 is 2.17 bits per heavy atom. The van der Waals surface area contributed by atoms with Crippen LogP contribution in [0.5, 0.6) is 5.75 Å². The number of esters is 1. The van der Waals surface area contributed by atoms with Gasteiger partial charge in [0.25, 0.3) is 0 Å². The molecule has 0 spiro atoms. The molecule has 2 rings (SSSR count). The lowest BCUT2D eigenvalue weighted by atomic mass is 10.1. The largest absolute Gasteiger partial charge is 0.495 e. The summed E-state index contributed by atoms with van der Waals surface area (Å²) < 4.78 is 37.4. The number of nitriles is 1. The Morgan fingerprint density at radius 1 is 1.42 bits per heavy atom. The normalized spacial score (nSPS) is 18.6. The van der Waals surface area contributed by atoms with Crippen molar-refractivity contribution in [2.24, 2.45) is 0 Å². The SMILES string of the molecule is COc1ccc(C(=O)OCC#N)cc1S(=O)(=O)N1CCCC[C@H]1C. The highest BCUT2D eigenvalue weighted by molar-refractivity contribution is 7.89. The molecular formula is C16H20N2O5S. The molecule has 1 atom stereocenters. The standard InChI is InChI=1S/C16H20N2O5S/c1-12-5-3-4-9-18(12)24(20,21)15-11-13(6-7-14(15)22-2)16(19)23-10-8-17/h6-7,11-12H,3-5,9-10H2,1-2H3/t12-/m1/s1. The van der Waals surface area contributed by atoms with Crippen molar-refractivity contribution < 1.29 is 22.7 Å². The van der Waals surface area contributed by atoms with Gasteiger partial charge in [-0.15, -0.1) is 0 Å². The first-order valence-corrected chi connectivity index (χ1v) is 9.09. The zero-order chi connectivity index (χ0) is 17.7. The number of hydrogen-bond donors (Lipinski definition) is 0. The van der Waals surface area contributed by atoms with Gasteiger partial charge in [-0.3, -0.25) is 0 Å². The third kappa shape index (κ3) is 3.68. The Morgan fingerprint density at radius 3 is 2.79 bits per heavy atom. The highest BCUT2D eigenvalue weighted by atomic mass is 32.2. The maximum Gasteiger partial charge on any atom is 0.339 e. The number of hydrogen-bond acceptors (Lipinski definition) is 6. The molecule has 1 saturated heterocycles. The van der Waals surface area contributed by atoms with Crippen molar-refractivity contribution in [2.45, 2.75) is 37.1 Å². The number of carbonyl (C=O) groups excluding carboxylic acids is 1. The average molecular weight is 352 g/mol. The summed E-state index contributed by atoms with van der Waals surface area (Å²) in [6.07, 6.45) is 2.59. The van der Waals surface area contributed by atoms with Crippen molar-refractivity contribution in [1.82, 2.24) is 4.31 Å². The zero-order valence-corrected chi connectivity index (χ0v) is 14.5. The van der Waals surface area contributed by atoms with Gasteiger partial charge < -0.3 is 9.47 Å². The second-order valence-corrected chi connectivity index (χ2v) is 7.42. The van der Waals surface area contributed by atoms with E-state index in [0.717, 1.165) is 19.3 Å². The van der Waals surface area contributed by atoms with Crippen LogP contribution in [0.4, 0.5) is 0 Å². The minimum atomic E-state index is -3.79. The molecule has 1 heterocycles. The topological polar surface area (TPSA) is 96.7 Å². The van der Waals surface area contributed by atoms with Crippen LogP contribution in [0, 0.1) is 11.3 Å². The third-order valence-electron chi connectivity index (χ3n) is 4.00. The molecule has 1 aromatic rings. The van der Waals surface area contributed by atoms with E-state index in [2.05, 4.69) is 0 Å². The third-order valence-corrected chi connectivity index (χ3v) is 6.03. The van der Waals surface area contributed by atoms with E-state index >= 15 is 0 Å². The number of rotatable bonds is 5. The van der Waals surface area contributed by atoms with Crippen LogP contribution in [-0.2, 0) is 14.8 Å². The highest BCUT2D eigenvalue weighted by Gasteiger charge is 2.33. The van der Waals surface area contributed by atoms with Crippen LogP contribution < -0.4 is 4.74 Å². The smallest absolute Gasteiger partial charge is 0.339 e. The van der Waals surface area contributed by atoms with Gasteiger partial charge in [-0.2, -0.15) is 9.57 Å². The number of benzene rings is 1. The van der Waals surface area contributed by atoms with E-state index in [-0.39, 0.29) is 22.3 Å². The first-order chi connectivity index (χ1) is 11.4. The van der Waals surface area contributed by atoms with Gasteiger partial charge >= 0.3 is 5.97 Å². The Bertz CT molecular complexity index is 754. The van der Waals surface area contributed by atoms with E-state index in [4.69, 9.17) is 14.7 Å². The lowest BCUT2D eigenvalue weighted by Gasteiger charge is -2.32. The first-order valence-electron chi connectivity index (χ1n) is 7.65. The molecule has 130 valence electrons. The molecule has 0 aliphatic carbocycles. The van der Waals surface area contributed by atoms with Gasteiger partial charge in [0, 0.05) is 12.6 Å². The molecule has 24 heavy (non-hydrogen) atoms. The molecule has 1 aromatic carbocycles. The van der Waals surface area contributed by atoms with E-state index in [1.54, 1.807) is 6.07 Å². The lowest BCUT2D eigenvalue weighted by molar-refractivity contribution is 0.0554. The van der Waals surface area contributed by atoms with Crippen molar-refractivity contribution in [3.63, 3.8) is 0 Å². The van der Waals surface area contributed by atoms with Crippen LogP contribution in [0.15, 0.2) is 23.1 Å². The van der Waals surface area contributed by atoms with E-state index < -0.39 is 22.6 Å². The Balaban J connectivity index is 2.43. The van der Waals surface area contributed by atoms with Crippen LogP contribution in [0.1, 0.15) is 36.5 Å². The molecule has 0 bridgehead atoms. The quantitative estimate of drug-likeness (QED) is 0.751. The number of piperidine rings is 1. The Hall–Kier alpha value is -2.11. The summed E-state index contributed by atoms with van der Waals surface area (Å²) in [7, 11) is -2.42. The molecule has 1 aliphatic heterocycles. The molecule has 0 saturated carbocycles. The van der Waals surface area contributed by atoms with Crippen molar-refractivity contribution in [3.8, 4) is 11.8 Å². The molecular weight excluding hydrogens is 332 g/mol. The average Bonchev–Trinajstić information content (AvgIpc) is 2.59. The van der Waals surface area contributed by atoms with Gasteiger partial charge in [0.1, 0.15) is 16.7 Å². The van der Waals surface area contributed by atoms with Crippen LogP contribution in [0.2, 0.25) is 0 Å². The summed E-state index contributed by atoms with van der Waals surface area (Å²) in [6, 6.07) is 5.67. The lowest BCUT2D eigenvalue weighted by Crippen LogP contribution is -2.42. The van der Waals surface area contributed by atoms with E-state index in [1.165, 1.54) is 29.6 Å².